The van der Waals surface area contributed by atoms with E-state index in [0.29, 0.717) is 22.5 Å². The summed E-state index contributed by atoms with van der Waals surface area (Å²) < 4.78 is 27.8. The van der Waals surface area contributed by atoms with E-state index in [2.05, 4.69) is 31.9 Å². The van der Waals surface area contributed by atoms with Crippen LogP contribution in [0, 0.1) is 0 Å². The molecule has 0 spiro atoms. The minimum atomic E-state index is -3.36. The van der Waals surface area contributed by atoms with Gasteiger partial charge >= 0.3 is 0 Å². The van der Waals surface area contributed by atoms with Crippen molar-refractivity contribution in [3.05, 3.63) is 27.1 Å². The van der Waals surface area contributed by atoms with Crippen LogP contribution in [0.25, 0.3) is 0 Å². The second-order valence-electron chi connectivity index (χ2n) is 3.59. The molecule has 0 bridgehead atoms. The number of benzene rings is 1. The molecule has 2 rings (SSSR count). The number of thioether (sulfide) groups is 1. The minimum Gasteiger partial charge on any atom is -0.207 e. The Labute approximate surface area is 122 Å². The number of halogens is 2. The number of rotatable bonds is 2. The molecule has 0 saturated carbocycles. The van der Waals surface area contributed by atoms with Gasteiger partial charge in [-0.2, -0.15) is 16.1 Å². The van der Waals surface area contributed by atoms with Gasteiger partial charge in [-0.1, -0.05) is 15.9 Å². The van der Waals surface area contributed by atoms with Gasteiger partial charge in [0.15, 0.2) is 0 Å². The first-order valence-electron chi connectivity index (χ1n) is 5.05. The first-order chi connectivity index (χ1) is 8.01. The maximum atomic E-state index is 12.4. The second kappa shape index (κ2) is 5.61. The number of sulfonamides is 1. The maximum Gasteiger partial charge on any atom is 0.244 e. The van der Waals surface area contributed by atoms with Gasteiger partial charge in [-0.3, -0.25) is 0 Å². The molecule has 0 radical (unpaired) electrons. The van der Waals surface area contributed by atoms with Gasteiger partial charge in [-0.25, -0.2) is 8.42 Å². The molecule has 0 unspecified atom stereocenters. The number of nitrogens with zero attached hydrogens (tertiary/aromatic N) is 1. The fraction of sp³-hybridized carbons (Fsp3) is 0.400. The van der Waals surface area contributed by atoms with E-state index in [4.69, 9.17) is 0 Å². The lowest BCUT2D eigenvalue weighted by atomic mass is 10.4. The Bertz CT molecular complexity index is 513. The zero-order valence-electron chi connectivity index (χ0n) is 8.90. The van der Waals surface area contributed by atoms with Crippen LogP contribution in [0.1, 0.15) is 0 Å². The Morgan fingerprint density at radius 3 is 2.41 bits per heavy atom. The molecular weight excluding hydrogens is 390 g/mol. The third kappa shape index (κ3) is 3.07. The van der Waals surface area contributed by atoms with E-state index < -0.39 is 10.0 Å². The molecule has 1 aromatic rings. The van der Waals surface area contributed by atoms with Crippen molar-refractivity contribution in [1.82, 2.24) is 4.31 Å². The molecule has 1 aliphatic heterocycles. The molecule has 7 heteroatoms. The van der Waals surface area contributed by atoms with Gasteiger partial charge in [0, 0.05) is 33.5 Å². The predicted octanol–water partition coefficient (Wildman–Crippen LogP) is 2.95. The summed E-state index contributed by atoms with van der Waals surface area (Å²) in [6.07, 6.45) is 0. The molecule has 1 fully saturated rings. The predicted molar refractivity (Wildman–Crippen MR) is 77.9 cm³/mol. The van der Waals surface area contributed by atoms with Gasteiger partial charge in [0.1, 0.15) is 0 Å². The van der Waals surface area contributed by atoms with Crippen molar-refractivity contribution < 1.29 is 8.42 Å². The van der Waals surface area contributed by atoms with Crippen LogP contribution in [0.4, 0.5) is 0 Å². The van der Waals surface area contributed by atoms with Crippen LogP contribution in [0.3, 0.4) is 0 Å². The highest BCUT2D eigenvalue weighted by Gasteiger charge is 2.27. The highest BCUT2D eigenvalue weighted by Crippen LogP contribution is 2.29. The molecule has 0 N–H and O–H groups in total. The van der Waals surface area contributed by atoms with Crippen LogP contribution < -0.4 is 0 Å². The summed E-state index contributed by atoms with van der Waals surface area (Å²) in [5.41, 5.74) is 0. The van der Waals surface area contributed by atoms with Crippen LogP contribution in [-0.4, -0.2) is 37.3 Å². The lowest BCUT2D eigenvalue weighted by molar-refractivity contribution is 0.443. The van der Waals surface area contributed by atoms with E-state index in [1.165, 1.54) is 0 Å². The molecule has 0 aliphatic carbocycles. The third-order valence-electron chi connectivity index (χ3n) is 2.48. The van der Waals surface area contributed by atoms with Gasteiger partial charge in [0.05, 0.1) is 4.90 Å². The lowest BCUT2D eigenvalue weighted by Crippen LogP contribution is -2.38. The smallest absolute Gasteiger partial charge is 0.207 e. The highest BCUT2D eigenvalue weighted by atomic mass is 79.9. The summed E-state index contributed by atoms with van der Waals surface area (Å²) in [6.45, 7) is 1.19. The fourth-order valence-corrected chi connectivity index (χ4v) is 5.89. The lowest BCUT2D eigenvalue weighted by Gasteiger charge is -2.26. The Hall–Kier alpha value is 0.440. The number of hydrogen-bond donors (Lipinski definition) is 0. The summed E-state index contributed by atoms with van der Waals surface area (Å²) in [4.78, 5) is 0.340. The first-order valence-corrected chi connectivity index (χ1v) is 9.23. The van der Waals surface area contributed by atoms with Crippen molar-refractivity contribution in [2.75, 3.05) is 24.6 Å². The Morgan fingerprint density at radius 2 is 1.82 bits per heavy atom. The number of hydrogen-bond acceptors (Lipinski definition) is 3. The van der Waals surface area contributed by atoms with Crippen molar-refractivity contribution >= 4 is 53.6 Å². The Kier molecular flexibility index (Phi) is 4.57. The molecule has 1 heterocycles. The van der Waals surface area contributed by atoms with Crippen LogP contribution in [0.2, 0.25) is 0 Å². The summed E-state index contributed by atoms with van der Waals surface area (Å²) in [5.74, 6) is 1.74. The molecule has 0 atom stereocenters. The SMILES string of the molecule is O=S(=O)(c1ccc(Br)cc1Br)N1CCSCC1. The van der Waals surface area contributed by atoms with Crippen molar-refractivity contribution in [1.29, 1.82) is 0 Å². The zero-order valence-corrected chi connectivity index (χ0v) is 13.7. The minimum absolute atomic E-state index is 0.340. The molecule has 1 saturated heterocycles. The molecule has 94 valence electrons. The van der Waals surface area contributed by atoms with E-state index >= 15 is 0 Å². The molecule has 1 aliphatic rings. The monoisotopic (exact) mass is 399 g/mol. The fourth-order valence-electron chi connectivity index (χ4n) is 1.61. The molecule has 0 aromatic heterocycles. The van der Waals surface area contributed by atoms with Crippen molar-refractivity contribution in [3.63, 3.8) is 0 Å². The summed E-state index contributed by atoms with van der Waals surface area (Å²) >= 11 is 8.42. The van der Waals surface area contributed by atoms with Crippen molar-refractivity contribution in [2.45, 2.75) is 4.90 Å². The van der Waals surface area contributed by atoms with E-state index in [9.17, 15) is 8.42 Å². The van der Waals surface area contributed by atoms with Gasteiger partial charge in [-0.15, -0.1) is 0 Å². The average Bonchev–Trinajstić information content (AvgIpc) is 2.29. The topological polar surface area (TPSA) is 37.4 Å². The highest BCUT2D eigenvalue weighted by molar-refractivity contribution is 9.11. The van der Waals surface area contributed by atoms with Crippen molar-refractivity contribution in [3.8, 4) is 0 Å². The quantitative estimate of drug-likeness (QED) is 0.765. The molecule has 0 amide bonds. The van der Waals surface area contributed by atoms with Crippen LogP contribution in [0.15, 0.2) is 32.0 Å². The Morgan fingerprint density at radius 1 is 1.18 bits per heavy atom. The van der Waals surface area contributed by atoms with Crippen LogP contribution in [0.5, 0.6) is 0 Å². The molecule has 17 heavy (non-hydrogen) atoms. The summed E-state index contributed by atoms with van der Waals surface area (Å²) in [7, 11) is -3.36. The summed E-state index contributed by atoms with van der Waals surface area (Å²) in [5, 5.41) is 0. The molecular formula is C10H11Br2NO2S2. The van der Waals surface area contributed by atoms with E-state index in [1.807, 2.05) is 0 Å². The average molecular weight is 401 g/mol. The standard InChI is InChI=1S/C10H11Br2NO2S2/c11-8-1-2-10(9(12)7-8)17(14,15)13-3-5-16-6-4-13/h1-2,7H,3-6H2. The van der Waals surface area contributed by atoms with E-state index in [-0.39, 0.29) is 0 Å². The van der Waals surface area contributed by atoms with Gasteiger partial charge in [0.2, 0.25) is 10.0 Å². The van der Waals surface area contributed by atoms with Crippen LogP contribution >= 0.6 is 43.6 Å². The van der Waals surface area contributed by atoms with E-state index in [1.54, 1.807) is 34.3 Å². The second-order valence-corrected chi connectivity index (χ2v) is 8.49. The zero-order chi connectivity index (χ0) is 12.5. The normalized spacial score (nSPS) is 18.2. The molecule has 1 aromatic carbocycles. The largest absolute Gasteiger partial charge is 0.244 e. The maximum absolute atomic E-state index is 12.4. The van der Waals surface area contributed by atoms with Gasteiger partial charge in [-0.05, 0) is 34.1 Å². The van der Waals surface area contributed by atoms with Gasteiger partial charge < -0.3 is 0 Å². The summed E-state index contributed by atoms with van der Waals surface area (Å²) in [6, 6.07) is 5.13. The van der Waals surface area contributed by atoms with Crippen molar-refractivity contribution in [2.24, 2.45) is 0 Å². The van der Waals surface area contributed by atoms with Gasteiger partial charge in [0.25, 0.3) is 0 Å². The Balaban J connectivity index is 2.37. The van der Waals surface area contributed by atoms with E-state index in [0.717, 1.165) is 16.0 Å². The molecule has 3 nitrogen and oxygen atoms in total. The van der Waals surface area contributed by atoms with Crippen LogP contribution in [-0.2, 0) is 10.0 Å². The third-order valence-corrected chi connectivity index (χ3v) is 6.79. The first kappa shape index (κ1) is 13.9.